The third-order valence-corrected chi connectivity index (χ3v) is 6.37. The molecule has 2 aromatic rings. The highest BCUT2D eigenvalue weighted by Gasteiger charge is 2.17. The van der Waals surface area contributed by atoms with Gasteiger partial charge in [0, 0.05) is 25.3 Å². The maximum atomic E-state index is 12.4. The minimum atomic E-state index is -3.44. The second-order valence-corrected chi connectivity index (χ2v) is 8.78. The van der Waals surface area contributed by atoms with Gasteiger partial charge in [-0.05, 0) is 61.9 Å². The van der Waals surface area contributed by atoms with Crippen LogP contribution in [0.4, 0.5) is 5.69 Å². The van der Waals surface area contributed by atoms with Crippen molar-refractivity contribution in [2.45, 2.75) is 44.4 Å². The van der Waals surface area contributed by atoms with Crippen molar-refractivity contribution >= 4 is 15.7 Å². The van der Waals surface area contributed by atoms with Gasteiger partial charge in [-0.1, -0.05) is 36.8 Å². The summed E-state index contributed by atoms with van der Waals surface area (Å²) in [7, 11) is -3.44. The number of aryl methyl sites for hydroxylation is 2. The normalized spacial score (nSPS) is 14.3. The SMILES string of the molecule is CCCN1CCCc2cc(CCNS(=O)(=O)c3ccc(C)cc3)ccc21. The van der Waals surface area contributed by atoms with Gasteiger partial charge in [-0.3, -0.25) is 0 Å². The Balaban J connectivity index is 1.62. The van der Waals surface area contributed by atoms with Crippen LogP contribution in [0.25, 0.3) is 0 Å². The molecule has 5 heteroatoms. The Bertz CT molecular complexity index is 845. The van der Waals surface area contributed by atoms with Crippen LogP contribution < -0.4 is 9.62 Å². The first-order valence-corrected chi connectivity index (χ1v) is 10.9. The number of fused-ring (bicyclic) bond motifs is 1. The van der Waals surface area contributed by atoms with Crippen LogP contribution in [0.1, 0.15) is 36.5 Å². The number of hydrogen-bond donors (Lipinski definition) is 1. The van der Waals surface area contributed by atoms with Gasteiger partial charge in [0.15, 0.2) is 0 Å². The predicted octanol–water partition coefficient (Wildman–Crippen LogP) is 3.68. The highest BCUT2D eigenvalue weighted by atomic mass is 32.2. The molecule has 1 aliphatic rings. The standard InChI is InChI=1S/C21H28N2O2S/c1-3-14-23-15-4-5-19-16-18(8-11-21(19)23)12-13-22-26(24,25)20-9-6-17(2)7-10-20/h6-11,16,22H,3-5,12-15H2,1-2H3. The summed E-state index contributed by atoms with van der Waals surface area (Å²) in [5, 5.41) is 0. The Morgan fingerprint density at radius 3 is 2.62 bits per heavy atom. The van der Waals surface area contributed by atoms with E-state index >= 15 is 0 Å². The first-order chi connectivity index (χ1) is 12.5. The molecule has 4 nitrogen and oxygen atoms in total. The lowest BCUT2D eigenvalue weighted by molar-refractivity contribution is 0.581. The molecule has 0 amide bonds. The van der Waals surface area contributed by atoms with Crippen LogP contribution in [0.2, 0.25) is 0 Å². The molecular formula is C21H28N2O2S. The fourth-order valence-electron chi connectivity index (χ4n) is 3.52. The zero-order chi connectivity index (χ0) is 18.6. The summed E-state index contributed by atoms with van der Waals surface area (Å²) in [5.41, 5.74) is 4.98. The van der Waals surface area contributed by atoms with E-state index in [-0.39, 0.29) is 0 Å². The molecule has 0 bridgehead atoms. The molecule has 3 rings (SSSR count). The maximum Gasteiger partial charge on any atom is 0.240 e. The van der Waals surface area contributed by atoms with Gasteiger partial charge in [0.25, 0.3) is 0 Å². The van der Waals surface area contributed by atoms with Crippen LogP contribution in [0.15, 0.2) is 47.4 Å². The van der Waals surface area contributed by atoms with Gasteiger partial charge in [0.2, 0.25) is 10.0 Å². The number of benzene rings is 2. The van der Waals surface area contributed by atoms with E-state index in [1.807, 2.05) is 19.1 Å². The average molecular weight is 373 g/mol. The molecule has 0 saturated carbocycles. The van der Waals surface area contributed by atoms with Gasteiger partial charge in [-0.15, -0.1) is 0 Å². The third kappa shape index (κ3) is 4.46. The number of rotatable bonds is 7. The smallest absolute Gasteiger partial charge is 0.240 e. The summed E-state index contributed by atoms with van der Waals surface area (Å²) in [6.07, 6.45) is 4.16. The molecule has 0 atom stereocenters. The zero-order valence-corrected chi connectivity index (χ0v) is 16.5. The Morgan fingerprint density at radius 2 is 1.88 bits per heavy atom. The highest BCUT2D eigenvalue weighted by Crippen LogP contribution is 2.28. The van der Waals surface area contributed by atoms with Gasteiger partial charge < -0.3 is 4.90 Å². The monoisotopic (exact) mass is 372 g/mol. The Kier molecular flexibility index (Phi) is 5.99. The first kappa shape index (κ1) is 18.9. The molecule has 0 fully saturated rings. The fraction of sp³-hybridized carbons (Fsp3) is 0.429. The van der Waals surface area contributed by atoms with Crippen molar-refractivity contribution in [2.24, 2.45) is 0 Å². The molecule has 26 heavy (non-hydrogen) atoms. The van der Waals surface area contributed by atoms with Crippen LogP contribution >= 0.6 is 0 Å². The largest absolute Gasteiger partial charge is 0.371 e. The Labute approximate surface area is 157 Å². The summed E-state index contributed by atoms with van der Waals surface area (Å²) in [5.74, 6) is 0. The highest BCUT2D eigenvalue weighted by molar-refractivity contribution is 7.89. The topological polar surface area (TPSA) is 49.4 Å². The molecule has 140 valence electrons. The van der Waals surface area contributed by atoms with E-state index in [9.17, 15) is 8.42 Å². The van der Waals surface area contributed by atoms with Crippen molar-refractivity contribution in [3.8, 4) is 0 Å². The zero-order valence-electron chi connectivity index (χ0n) is 15.7. The van der Waals surface area contributed by atoms with Crippen molar-refractivity contribution in [1.82, 2.24) is 4.72 Å². The molecule has 1 heterocycles. The van der Waals surface area contributed by atoms with Gasteiger partial charge in [0.1, 0.15) is 0 Å². The van der Waals surface area contributed by atoms with Gasteiger partial charge in [0.05, 0.1) is 4.90 Å². The van der Waals surface area contributed by atoms with Crippen LogP contribution in [-0.2, 0) is 22.9 Å². The van der Waals surface area contributed by atoms with Crippen LogP contribution in [0, 0.1) is 6.92 Å². The van der Waals surface area contributed by atoms with Crippen LogP contribution in [0.5, 0.6) is 0 Å². The lowest BCUT2D eigenvalue weighted by Gasteiger charge is -2.31. The molecule has 0 aliphatic carbocycles. The minimum absolute atomic E-state index is 0.323. The molecule has 0 unspecified atom stereocenters. The van der Waals surface area contributed by atoms with Crippen LogP contribution in [0.3, 0.4) is 0 Å². The lowest BCUT2D eigenvalue weighted by atomic mass is 9.98. The van der Waals surface area contributed by atoms with Gasteiger partial charge in [-0.2, -0.15) is 0 Å². The van der Waals surface area contributed by atoms with E-state index < -0.39 is 10.0 Å². The van der Waals surface area contributed by atoms with Crippen molar-refractivity contribution in [3.05, 3.63) is 59.2 Å². The van der Waals surface area contributed by atoms with E-state index in [2.05, 4.69) is 34.7 Å². The van der Waals surface area contributed by atoms with Gasteiger partial charge in [-0.25, -0.2) is 13.1 Å². The maximum absolute atomic E-state index is 12.4. The summed E-state index contributed by atoms with van der Waals surface area (Å²) in [4.78, 5) is 2.78. The molecule has 1 N–H and O–H groups in total. The Morgan fingerprint density at radius 1 is 1.12 bits per heavy atom. The number of hydrogen-bond acceptors (Lipinski definition) is 3. The second kappa shape index (κ2) is 8.23. The molecule has 0 radical (unpaired) electrons. The van der Waals surface area contributed by atoms with Crippen molar-refractivity contribution in [1.29, 1.82) is 0 Å². The second-order valence-electron chi connectivity index (χ2n) is 7.01. The third-order valence-electron chi connectivity index (χ3n) is 4.89. The van der Waals surface area contributed by atoms with E-state index in [0.717, 1.165) is 31.5 Å². The quantitative estimate of drug-likeness (QED) is 0.807. The van der Waals surface area contributed by atoms with E-state index in [1.54, 1.807) is 12.1 Å². The summed E-state index contributed by atoms with van der Waals surface area (Å²) in [6.45, 7) is 6.80. The minimum Gasteiger partial charge on any atom is -0.371 e. The average Bonchev–Trinajstić information content (AvgIpc) is 2.62. The molecule has 0 spiro atoms. The van der Waals surface area contributed by atoms with Crippen LogP contribution in [-0.4, -0.2) is 28.1 Å². The molecular weight excluding hydrogens is 344 g/mol. The predicted molar refractivity (Wildman–Crippen MR) is 107 cm³/mol. The van der Waals surface area contributed by atoms with E-state index in [1.165, 1.54) is 23.2 Å². The summed E-state index contributed by atoms with van der Waals surface area (Å²) < 4.78 is 27.4. The molecule has 1 aliphatic heterocycles. The van der Waals surface area contributed by atoms with E-state index in [4.69, 9.17) is 0 Å². The number of anilines is 1. The van der Waals surface area contributed by atoms with Gasteiger partial charge >= 0.3 is 0 Å². The number of sulfonamides is 1. The number of nitrogens with one attached hydrogen (secondary N) is 1. The first-order valence-electron chi connectivity index (χ1n) is 9.42. The molecule has 2 aromatic carbocycles. The number of nitrogens with zero attached hydrogens (tertiary/aromatic N) is 1. The summed E-state index contributed by atoms with van der Waals surface area (Å²) >= 11 is 0. The van der Waals surface area contributed by atoms with Crippen molar-refractivity contribution in [2.75, 3.05) is 24.5 Å². The summed E-state index contributed by atoms with van der Waals surface area (Å²) in [6, 6.07) is 13.5. The fourth-order valence-corrected chi connectivity index (χ4v) is 4.55. The van der Waals surface area contributed by atoms with E-state index in [0.29, 0.717) is 17.9 Å². The van der Waals surface area contributed by atoms with Crippen molar-refractivity contribution < 1.29 is 8.42 Å². The Hall–Kier alpha value is -1.85. The van der Waals surface area contributed by atoms with Crippen molar-refractivity contribution in [3.63, 3.8) is 0 Å². The lowest BCUT2D eigenvalue weighted by Crippen LogP contribution is -2.30. The molecule has 0 aromatic heterocycles. The molecule has 0 saturated heterocycles.